The van der Waals surface area contributed by atoms with Gasteiger partial charge in [-0.1, -0.05) is 52.7 Å². The molecule has 0 aromatic heterocycles. The first-order chi connectivity index (χ1) is 7.60. The SMILES string of the molecule is C=C1C(C)C(CC)CC2CC(CC)C(C)C12. The van der Waals surface area contributed by atoms with E-state index >= 15 is 0 Å². The minimum atomic E-state index is 0.768. The van der Waals surface area contributed by atoms with Crippen LogP contribution in [0.2, 0.25) is 0 Å². The molecule has 0 aromatic carbocycles. The zero-order valence-corrected chi connectivity index (χ0v) is 11.5. The molecule has 0 heteroatoms. The Morgan fingerprint density at radius 2 is 1.62 bits per heavy atom. The van der Waals surface area contributed by atoms with Gasteiger partial charge in [-0.2, -0.15) is 0 Å². The van der Waals surface area contributed by atoms with Crippen LogP contribution in [0.5, 0.6) is 0 Å². The molecule has 92 valence electrons. The summed E-state index contributed by atoms with van der Waals surface area (Å²) in [5.74, 6) is 5.36. The Labute approximate surface area is 102 Å². The topological polar surface area (TPSA) is 0 Å². The third-order valence-corrected chi connectivity index (χ3v) is 5.80. The average molecular weight is 220 g/mol. The second kappa shape index (κ2) is 4.55. The molecule has 0 aliphatic heterocycles. The van der Waals surface area contributed by atoms with Crippen molar-refractivity contribution in [3.05, 3.63) is 12.2 Å². The Morgan fingerprint density at radius 3 is 2.19 bits per heavy atom. The predicted octanol–water partition coefficient (Wildman–Crippen LogP) is 4.91. The highest BCUT2D eigenvalue weighted by molar-refractivity contribution is 5.16. The molecule has 2 rings (SSSR count). The smallest absolute Gasteiger partial charge is 0.0146 e. The Kier molecular flexibility index (Phi) is 3.47. The molecule has 2 aliphatic rings. The summed E-state index contributed by atoms with van der Waals surface area (Å²) in [5.41, 5.74) is 1.59. The summed E-state index contributed by atoms with van der Waals surface area (Å²) in [6.07, 6.45) is 5.66. The van der Waals surface area contributed by atoms with Crippen LogP contribution in [0, 0.1) is 35.5 Å². The van der Waals surface area contributed by atoms with Gasteiger partial charge >= 0.3 is 0 Å². The number of fused-ring (bicyclic) bond motifs is 1. The van der Waals surface area contributed by atoms with Gasteiger partial charge in [0.15, 0.2) is 0 Å². The summed E-state index contributed by atoms with van der Waals surface area (Å²) < 4.78 is 0. The molecule has 2 aliphatic carbocycles. The Morgan fingerprint density at radius 1 is 1.06 bits per heavy atom. The number of hydrogen-bond acceptors (Lipinski definition) is 0. The molecule has 0 heterocycles. The average Bonchev–Trinajstić information content (AvgIpc) is 2.60. The first-order valence-corrected chi connectivity index (χ1v) is 7.28. The van der Waals surface area contributed by atoms with E-state index in [-0.39, 0.29) is 0 Å². The van der Waals surface area contributed by atoms with Crippen LogP contribution in [0.25, 0.3) is 0 Å². The van der Waals surface area contributed by atoms with Crippen molar-refractivity contribution in [2.24, 2.45) is 35.5 Å². The minimum Gasteiger partial charge on any atom is -0.0993 e. The third kappa shape index (κ3) is 1.75. The molecule has 0 N–H and O–H groups in total. The lowest BCUT2D eigenvalue weighted by Gasteiger charge is -2.40. The first-order valence-electron chi connectivity index (χ1n) is 7.28. The van der Waals surface area contributed by atoms with Gasteiger partial charge in [0, 0.05) is 0 Å². The summed E-state index contributed by atoms with van der Waals surface area (Å²) in [4.78, 5) is 0. The summed E-state index contributed by atoms with van der Waals surface area (Å²) in [6.45, 7) is 14.1. The molecule has 16 heavy (non-hydrogen) atoms. The van der Waals surface area contributed by atoms with Crippen LogP contribution in [0.4, 0.5) is 0 Å². The predicted molar refractivity (Wildman–Crippen MR) is 71.2 cm³/mol. The van der Waals surface area contributed by atoms with Gasteiger partial charge < -0.3 is 0 Å². The molecule has 2 fully saturated rings. The highest BCUT2D eigenvalue weighted by Crippen LogP contribution is 2.55. The fourth-order valence-electron chi connectivity index (χ4n) is 4.61. The van der Waals surface area contributed by atoms with Gasteiger partial charge in [-0.05, 0) is 48.3 Å². The van der Waals surface area contributed by atoms with E-state index in [1.807, 2.05) is 0 Å². The Hall–Kier alpha value is -0.260. The van der Waals surface area contributed by atoms with E-state index < -0.39 is 0 Å². The van der Waals surface area contributed by atoms with E-state index in [2.05, 4.69) is 34.3 Å². The van der Waals surface area contributed by atoms with Crippen molar-refractivity contribution in [1.82, 2.24) is 0 Å². The molecule has 0 saturated heterocycles. The summed E-state index contributed by atoms with van der Waals surface area (Å²) in [7, 11) is 0. The van der Waals surface area contributed by atoms with Crippen LogP contribution in [0.15, 0.2) is 12.2 Å². The molecular formula is C16H28. The van der Waals surface area contributed by atoms with E-state index in [0.717, 1.165) is 35.5 Å². The number of rotatable bonds is 2. The van der Waals surface area contributed by atoms with Crippen LogP contribution >= 0.6 is 0 Å². The van der Waals surface area contributed by atoms with Gasteiger partial charge in [0.2, 0.25) is 0 Å². The summed E-state index contributed by atoms with van der Waals surface area (Å²) >= 11 is 0. The van der Waals surface area contributed by atoms with Crippen molar-refractivity contribution < 1.29 is 0 Å². The van der Waals surface area contributed by atoms with Gasteiger partial charge in [0.1, 0.15) is 0 Å². The quantitative estimate of drug-likeness (QED) is 0.580. The van der Waals surface area contributed by atoms with E-state index in [0.29, 0.717) is 0 Å². The molecule has 0 bridgehead atoms. The molecule has 6 atom stereocenters. The van der Waals surface area contributed by atoms with Gasteiger partial charge in [-0.3, -0.25) is 0 Å². The molecule has 6 unspecified atom stereocenters. The van der Waals surface area contributed by atoms with Crippen molar-refractivity contribution in [2.75, 3.05) is 0 Å². The van der Waals surface area contributed by atoms with Crippen molar-refractivity contribution in [2.45, 2.75) is 53.4 Å². The summed E-state index contributed by atoms with van der Waals surface area (Å²) in [5, 5.41) is 0. The molecule has 2 saturated carbocycles. The van der Waals surface area contributed by atoms with E-state index in [9.17, 15) is 0 Å². The largest absolute Gasteiger partial charge is 0.0993 e. The maximum atomic E-state index is 4.46. The minimum absolute atomic E-state index is 0.768. The number of allylic oxidation sites excluding steroid dienone is 1. The highest BCUT2D eigenvalue weighted by Gasteiger charge is 2.46. The Bertz CT molecular complexity index is 265. The van der Waals surface area contributed by atoms with E-state index in [1.165, 1.54) is 25.7 Å². The van der Waals surface area contributed by atoms with Crippen LogP contribution in [-0.2, 0) is 0 Å². The lowest BCUT2D eigenvalue weighted by molar-refractivity contribution is 0.190. The normalized spacial score (nSPS) is 48.1. The number of hydrogen-bond donors (Lipinski definition) is 0. The molecule has 0 amide bonds. The highest BCUT2D eigenvalue weighted by atomic mass is 14.5. The van der Waals surface area contributed by atoms with Gasteiger partial charge in [-0.25, -0.2) is 0 Å². The third-order valence-electron chi connectivity index (χ3n) is 5.80. The molecule has 0 spiro atoms. The van der Waals surface area contributed by atoms with Crippen LogP contribution < -0.4 is 0 Å². The maximum Gasteiger partial charge on any atom is -0.0146 e. The lowest BCUT2D eigenvalue weighted by atomic mass is 9.65. The van der Waals surface area contributed by atoms with Crippen molar-refractivity contribution >= 4 is 0 Å². The van der Waals surface area contributed by atoms with Crippen LogP contribution in [0.3, 0.4) is 0 Å². The van der Waals surface area contributed by atoms with Gasteiger partial charge in [0.05, 0.1) is 0 Å². The van der Waals surface area contributed by atoms with Crippen molar-refractivity contribution in [3.8, 4) is 0 Å². The van der Waals surface area contributed by atoms with Crippen molar-refractivity contribution in [3.63, 3.8) is 0 Å². The second-order valence-electron chi connectivity index (χ2n) is 6.32. The lowest BCUT2D eigenvalue weighted by Crippen LogP contribution is -2.31. The fraction of sp³-hybridized carbons (Fsp3) is 0.875. The molecule has 0 radical (unpaired) electrons. The van der Waals surface area contributed by atoms with Crippen LogP contribution in [0.1, 0.15) is 53.4 Å². The van der Waals surface area contributed by atoms with Crippen molar-refractivity contribution in [1.29, 1.82) is 0 Å². The van der Waals surface area contributed by atoms with Gasteiger partial charge in [0.25, 0.3) is 0 Å². The zero-order chi connectivity index (χ0) is 11.9. The van der Waals surface area contributed by atoms with Crippen LogP contribution in [-0.4, -0.2) is 0 Å². The maximum absolute atomic E-state index is 4.46. The summed E-state index contributed by atoms with van der Waals surface area (Å²) in [6, 6.07) is 0. The molecule has 0 aromatic rings. The fourth-order valence-corrected chi connectivity index (χ4v) is 4.61. The van der Waals surface area contributed by atoms with Gasteiger partial charge in [-0.15, -0.1) is 0 Å². The van der Waals surface area contributed by atoms with E-state index in [4.69, 9.17) is 0 Å². The standard InChI is InChI=1S/C16H28/c1-6-13-8-15-9-14(7-2)12(5)16(15)11(4)10(13)3/h10,12-16H,4,6-9H2,1-3,5H3. The zero-order valence-electron chi connectivity index (χ0n) is 11.5. The monoisotopic (exact) mass is 220 g/mol. The molecule has 0 nitrogen and oxygen atoms in total. The Balaban J connectivity index is 2.18. The van der Waals surface area contributed by atoms with E-state index in [1.54, 1.807) is 5.57 Å². The first kappa shape index (κ1) is 12.2. The second-order valence-corrected chi connectivity index (χ2v) is 6.32. The molecular weight excluding hydrogens is 192 g/mol.